The van der Waals surface area contributed by atoms with E-state index in [-0.39, 0.29) is 11.4 Å². The molecule has 18 heavy (non-hydrogen) atoms. The van der Waals surface area contributed by atoms with Crippen molar-refractivity contribution in [3.8, 4) is 5.69 Å². The van der Waals surface area contributed by atoms with Crippen LogP contribution in [0.5, 0.6) is 0 Å². The number of hydrogen-bond donors (Lipinski definition) is 1. The fourth-order valence-electron chi connectivity index (χ4n) is 1.81. The van der Waals surface area contributed by atoms with Crippen LogP contribution in [0.25, 0.3) is 5.69 Å². The molecule has 0 bridgehead atoms. The number of benzene rings is 1. The Hall–Kier alpha value is -2.37. The minimum Gasteiger partial charge on any atom is -0.393 e. The zero-order chi connectivity index (χ0) is 13.4. The van der Waals surface area contributed by atoms with Gasteiger partial charge in [-0.05, 0) is 38.5 Å². The number of aromatic nitrogens is 2. The van der Waals surface area contributed by atoms with Crippen molar-refractivity contribution in [3.63, 3.8) is 0 Å². The van der Waals surface area contributed by atoms with Crippen molar-refractivity contribution in [3.05, 3.63) is 45.3 Å². The van der Waals surface area contributed by atoms with Gasteiger partial charge in [0.25, 0.3) is 5.69 Å². The smallest absolute Gasteiger partial charge is 0.292 e. The number of hydrogen-bond acceptors (Lipinski definition) is 4. The lowest BCUT2D eigenvalue weighted by Crippen LogP contribution is -2.02. The van der Waals surface area contributed by atoms with Crippen LogP contribution in [0.4, 0.5) is 11.4 Å². The zero-order valence-electron chi connectivity index (χ0n) is 10.5. The van der Waals surface area contributed by atoms with Crippen molar-refractivity contribution in [2.75, 3.05) is 5.73 Å². The van der Waals surface area contributed by atoms with Crippen molar-refractivity contribution >= 4 is 11.4 Å². The van der Waals surface area contributed by atoms with E-state index in [1.54, 1.807) is 16.8 Å². The maximum absolute atomic E-state index is 10.7. The topological polar surface area (TPSA) is 87.0 Å². The molecule has 6 nitrogen and oxygen atoms in total. The second kappa shape index (κ2) is 4.14. The molecule has 0 aliphatic heterocycles. The number of anilines is 1. The molecule has 0 saturated heterocycles. The summed E-state index contributed by atoms with van der Waals surface area (Å²) >= 11 is 0. The maximum atomic E-state index is 10.7. The highest BCUT2D eigenvalue weighted by molar-refractivity contribution is 5.62. The third-order valence-electron chi connectivity index (χ3n) is 3.11. The average Bonchev–Trinajstić information content (AvgIpc) is 2.56. The summed E-state index contributed by atoms with van der Waals surface area (Å²) < 4.78 is 1.74. The lowest BCUT2D eigenvalue weighted by atomic mass is 10.2. The number of nitrogens with two attached hydrogens (primary N) is 1. The highest BCUT2D eigenvalue weighted by Gasteiger charge is 2.14. The van der Waals surface area contributed by atoms with E-state index >= 15 is 0 Å². The van der Waals surface area contributed by atoms with E-state index < -0.39 is 4.92 Å². The second-order valence-corrected chi connectivity index (χ2v) is 4.21. The van der Waals surface area contributed by atoms with Gasteiger partial charge in [-0.2, -0.15) is 5.10 Å². The van der Waals surface area contributed by atoms with E-state index in [0.29, 0.717) is 0 Å². The first kappa shape index (κ1) is 12.1. The number of aryl methyl sites for hydroxylation is 1. The summed E-state index contributed by atoms with van der Waals surface area (Å²) in [5.74, 6) is 0. The summed E-state index contributed by atoms with van der Waals surface area (Å²) in [6.45, 7) is 5.86. The van der Waals surface area contributed by atoms with E-state index in [2.05, 4.69) is 5.10 Å². The van der Waals surface area contributed by atoms with Gasteiger partial charge in [0, 0.05) is 11.8 Å². The van der Waals surface area contributed by atoms with Gasteiger partial charge in [0.1, 0.15) is 5.69 Å². The standard InChI is InChI=1S/C12H14N4O2/c1-7-8(2)14-15(9(7)3)10-4-5-12(16(17)18)11(13)6-10/h4-6H,13H2,1-3H3. The van der Waals surface area contributed by atoms with Crippen LogP contribution in [-0.2, 0) is 0 Å². The lowest BCUT2D eigenvalue weighted by Gasteiger charge is -2.06. The number of rotatable bonds is 2. The van der Waals surface area contributed by atoms with Gasteiger partial charge >= 0.3 is 0 Å². The Morgan fingerprint density at radius 1 is 1.33 bits per heavy atom. The van der Waals surface area contributed by atoms with Crippen molar-refractivity contribution in [1.82, 2.24) is 9.78 Å². The van der Waals surface area contributed by atoms with Crippen LogP contribution in [0, 0.1) is 30.9 Å². The molecule has 0 radical (unpaired) electrons. The van der Waals surface area contributed by atoms with E-state index in [0.717, 1.165) is 22.6 Å². The van der Waals surface area contributed by atoms with E-state index in [1.165, 1.54) is 6.07 Å². The first-order chi connectivity index (χ1) is 8.41. The predicted octanol–water partition coefficient (Wildman–Crippen LogP) is 2.29. The van der Waals surface area contributed by atoms with Gasteiger partial charge in [0.15, 0.2) is 0 Å². The summed E-state index contributed by atoms with van der Waals surface area (Å²) in [6, 6.07) is 4.61. The molecule has 0 spiro atoms. The average molecular weight is 246 g/mol. The summed E-state index contributed by atoms with van der Waals surface area (Å²) in [6.07, 6.45) is 0. The largest absolute Gasteiger partial charge is 0.393 e. The summed E-state index contributed by atoms with van der Waals surface area (Å²) in [4.78, 5) is 10.2. The molecule has 2 N–H and O–H groups in total. The molecule has 0 saturated carbocycles. The van der Waals surface area contributed by atoms with Crippen LogP contribution in [0.1, 0.15) is 17.0 Å². The zero-order valence-corrected chi connectivity index (χ0v) is 10.5. The number of nitrogens with zero attached hydrogens (tertiary/aromatic N) is 3. The van der Waals surface area contributed by atoms with Crippen LogP contribution < -0.4 is 5.73 Å². The Morgan fingerprint density at radius 2 is 2.00 bits per heavy atom. The van der Waals surface area contributed by atoms with Crippen molar-refractivity contribution < 1.29 is 4.92 Å². The molecule has 0 aliphatic rings. The molecule has 0 unspecified atom stereocenters. The molecule has 1 aromatic carbocycles. The highest BCUT2D eigenvalue weighted by atomic mass is 16.6. The van der Waals surface area contributed by atoms with E-state index in [1.807, 2.05) is 20.8 Å². The van der Waals surface area contributed by atoms with Gasteiger partial charge in [-0.25, -0.2) is 4.68 Å². The minimum absolute atomic E-state index is 0.0861. The van der Waals surface area contributed by atoms with Crippen LogP contribution in [0.3, 0.4) is 0 Å². The molecule has 0 fully saturated rings. The lowest BCUT2D eigenvalue weighted by molar-refractivity contribution is -0.383. The Kier molecular flexibility index (Phi) is 2.78. The molecule has 1 heterocycles. The molecule has 2 aromatic rings. The van der Waals surface area contributed by atoms with Gasteiger partial charge in [0.05, 0.1) is 16.3 Å². The first-order valence-electron chi connectivity index (χ1n) is 5.49. The highest BCUT2D eigenvalue weighted by Crippen LogP contribution is 2.25. The van der Waals surface area contributed by atoms with Gasteiger partial charge in [-0.3, -0.25) is 10.1 Å². The second-order valence-electron chi connectivity index (χ2n) is 4.21. The number of nitrogen functional groups attached to an aromatic ring is 1. The quantitative estimate of drug-likeness (QED) is 0.500. The molecule has 94 valence electrons. The molecule has 0 amide bonds. The molecule has 0 aliphatic carbocycles. The first-order valence-corrected chi connectivity index (χ1v) is 5.49. The maximum Gasteiger partial charge on any atom is 0.292 e. The van der Waals surface area contributed by atoms with Crippen molar-refractivity contribution in [2.24, 2.45) is 0 Å². The Balaban J connectivity index is 2.55. The van der Waals surface area contributed by atoms with Gasteiger partial charge in [-0.15, -0.1) is 0 Å². The number of nitro benzene ring substituents is 1. The third-order valence-corrected chi connectivity index (χ3v) is 3.11. The molecule has 0 atom stereocenters. The monoisotopic (exact) mass is 246 g/mol. The Morgan fingerprint density at radius 3 is 2.44 bits per heavy atom. The molecule has 2 rings (SSSR count). The Bertz CT molecular complexity index is 631. The van der Waals surface area contributed by atoms with Crippen LogP contribution in [-0.4, -0.2) is 14.7 Å². The third kappa shape index (κ3) is 1.81. The fraction of sp³-hybridized carbons (Fsp3) is 0.250. The van der Waals surface area contributed by atoms with Crippen LogP contribution in [0.15, 0.2) is 18.2 Å². The summed E-state index contributed by atoms with van der Waals surface area (Å²) in [7, 11) is 0. The number of nitro groups is 1. The predicted molar refractivity (Wildman–Crippen MR) is 68.8 cm³/mol. The van der Waals surface area contributed by atoms with Gasteiger partial charge in [-0.1, -0.05) is 0 Å². The normalized spacial score (nSPS) is 10.6. The SMILES string of the molecule is Cc1nn(-c2ccc([N+](=O)[O-])c(N)c2)c(C)c1C. The summed E-state index contributed by atoms with van der Waals surface area (Å²) in [5, 5.41) is 15.1. The van der Waals surface area contributed by atoms with E-state index in [9.17, 15) is 10.1 Å². The molecular weight excluding hydrogens is 232 g/mol. The summed E-state index contributed by atoms with van der Waals surface area (Å²) in [5.41, 5.74) is 9.49. The Labute approximate surface area is 104 Å². The van der Waals surface area contributed by atoms with E-state index in [4.69, 9.17) is 5.73 Å². The van der Waals surface area contributed by atoms with Crippen molar-refractivity contribution in [2.45, 2.75) is 20.8 Å². The molecule has 1 aromatic heterocycles. The van der Waals surface area contributed by atoms with Gasteiger partial charge in [0.2, 0.25) is 0 Å². The molecular formula is C12H14N4O2. The van der Waals surface area contributed by atoms with Crippen molar-refractivity contribution in [1.29, 1.82) is 0 Å². The van der Waals surface area contributed by atoms with Gasteiger partial charge < -0.3 is 5.73 Å². The molecule has 6 heteroatoms. The minimum atomic E-state index is -0.494. The van der Waals surface area contributed by atoms with Crippen LogP contribution >= 0.6 is 0 Å². The fourth-order valence-corrected chi connectivity index (χ4v) is 1.81. The van der Waals surface area contributed by atoms with Crippen LogP contribution in [0.2, 0.25) is 0 Å².